The molecule has 1 amide bonds. The summed E-state index contributed by atoms with van der Waals surface area (Å²) in [5, 5.41) is 4.24. The highest BCUT2D eigenvalue weighted by atomic mass is 19.1. The lowest BCUT2D eigenvalue weighted by atomic mass is 9.72. The van der Waals surface area contributed by atoms with Gasteiger partial charge in [-0.3, -0.25) is 4.79 Å². The Labute approximate surface area is 129 Å². The molecule has 4 heteroatoms. The first-order chi connectivity index (χ1) is 10.5. The van der Waals surface area contributed by atoms with Crippen LogP contribution in [0.2, 0.25) is 0 Å². The van der Waals surface area contributed by atoms with Crippen molar-refractivity contribution in [2.75, 3.05) is 0 Å². The number of benzene rings is 1. The summed E-state index contributed by atoms with van der Waals surface area (Å²) < 4.78 is 13.4. The Kier molecular flexibility index (Phi) is 3.69. The number of allylic oxidation sites excluding steroid dienone is 4. The normalized spacial score (nSPS) is 25.0. The third kappa shape index (κ3) is 2.73. The molecule has 2 aliphatic rings. The number of halogens is 1. The van der Waals surface area contributed by atoms with Crippen molar-refractivity contribution < 1.29 is 9.18 Å². The number of nitrogens with one attached hydrogen (secondary N) is 1. The Morgan fingerprint density at radius 2 is 2.14 bits per heavy atom. The van der Waals surface area contributed by atoms with E-state index in [1.807, 2.05) is 12.1 Å². The van der Waals surface area contributed by atoms with Gasteiger partial charge in [-0.1, -0.05) is 36.8 Å². The Morgan fingerprint density at radius 3 is 2.77 bits per heavy atom. The summed E-state index contributed by atoms with van der Waals surface area (Å²) in [6.45, 7) is 4.20. The number of hydrazone groups is 1. The maximum atomic E-state index is 13.4. The van der Waals surface area contributed by atoms with Crippen LogP contribution in [0.5, 0.6) is 0 Å². The van der Waals surface area contributed by atoms with Crippen LogP contribution < -0.4 is 5.43 Å². The van der Waals surface area contributed by atoms with Gasteiger partial charge in [0.15, 0.2) is 0 Å². The smallest absolute Gasteiger partial charge is 0.240 e. The summed E-state index contributed by atoms with van der Waals surface area (Å²) >= 11 is 0. The van der Waals surface area contributed by atoms with E-state index in [9.17, 15) is 9.18 Å². The lowest BCUT2D eigenvalue weighted by molar-refractivity contribution is -0.121. The van der Waals surface area contributed by atoms with Gasteiger partial charge in [-0.05, 0) is 43.0 Å². The number of hydrogen-bond acceptors (Lipinski definition) is 2. The topological polar surface area (TPSA) is 41.5 Å². The molecule has 1 heterocycles. The molecule has 114 valence electrons. The fourth-order valence-electron chi connectivity index (χ4n) is 3.20. The molecule has 3 rings (SSSR count). The number of hydrogen-bond donors (Lipinski definition) is 1. The van der Waals surface area contributed by atoms with Gasteiger partial charge in [0.05, 0.1) is 0 Å². The van der Waals surface area contributed by atoms with Crippen molar-refractivity contribution in [2.24, 2.45) is 10.5 Å². The second kappa shape index (κ2) is 5.52. The van der Waals surface area contributed by atoms with E-state index in [1.165, 1.54) is 11.6 Å². The predicted octanol–water partition coefficient (Wildman–Crippen LogP) is 3.83. The molecule has 0 fully saturated rings. The van der Waals surface area contributed by atoms with Crippen molar-refractivity contribution in [1.29, 1.82) is 0 Å². The van der Waals surface area contributed by atoms with Crippen molar-refractivity contribution in [2.45, 2.75) is 33.1 Å². The van der Waals surface area contributed by atoms with E-state index in [1.54, 1.807) is 12.1 Å². The SMILES string of the molecule is CC1=C(c2cccc(F)c2)C=CC(C)(C2=NNC(=O)CC2)C1. The van der Waals surface area contributed by atoms with Gasteiger partial charge in [0.25, 0.3) is 0 Å². The zero-order valence-corrected chi connectivity index (χ0v) is 12.8. The number of carbonyl (C=O) groups is 1. The van der Waals surface area contributed by atoms with Crippen LogP contribution in [0.25, 0.3) is 5.57 Å². The highest BCUT2D eigenvalue weighted by molar-refractivity contribution is 5.98. The summed E-state index contributed by atoms with van der Waals surface area (Å²) in [6, 6.07) is 6.67. The number of nitrogens with zero attached hydrogens (tertiary/aromatic N) is 1. The molecule has 1 N–H and O–H groups in total. The Hall–Kier alpha value is -2.23. The molecule has 0 saturated carbocycles. The average molecular weight is 298 g/mol. The minimum absolute atomic E-state index is 0.0279. The van der Waals surface area contributed by atoms with E-state index >= 15 is 0 Å². The van der Waals surface area contributed by atoms with E-state index < -0.39 is 0 Å². The van der Waals surface area contributed by atoms with Crippen LogP contribution in [0.3, 0.4) is 0 Å². The lowest BCUT2D eigenvalue weighted by Gasteiger charge is -2.33. The molecule has 1 aromatic rings. The van der Waals surface area contributed by atoms with Crippen LogP contribution in [0.1, 0.15) is 38.7 Å². The van der Waals surface area contributed by atoms with Crippen molar-refractivity contribution in [3.05, 3.63) is 53.4 Å². The molecule has 1 unspecified atom stereocenters. The molecular formula is C18H19FN2O. The Balaban J connectivity index is 1.89. The second-order valence-electron chi connectivity index (χ2n) is 6.23. The van der Waals surface area contributed by atoms with Gasteiger partial charge in [0, 0.05) is 17.5 Å². The highest BCUT2D eigenvalue weighted by Crippen LogP contribution is 2.40. The van der Waals surface area contributed by atoms with Crippen molar-refractivity contribution >= 4 is 17.2 Å². The van der Waals surface area contributed by atoms with Gasteiger partial charge in [-0.2, -0.15) is 5.10 Å². The third-order valence-electron chi connectivity index (χ3n) is 4.41. The van der Waals surface area contributed by atoms with E-state index in [2.05, 4.69) is 30.5 Å². The molecule has 1 aliphatic carbocycles. The standard InChI is InChI=1S/C18H19FN2O/c1-12-11-18(2,16-6-7-17(22)21-20-16)9-8-15(12)13-4-3-5-14(19)10-13/h3-5,8-10H,6-7,11H2,1-2H3,(H,21,22). The molecule has 0 saturated heterocycles. The van der Waals surface area contributed by atoms with E-state index in [0.717, 1.165) is 23.3 Å². The third-order valence-corrected chi connectivity index (χ3v) is 4.41. The Morgan fingerprint density at radius 1 is 1.32 bits per heavy atom. The summed E-state index contributed by atoms with van der Waals surface area (Å²) in [5.41, 5.74) is 6.55. The van der Waals surface area contributed by atoms with Crippen LogP contribution >= 0.6 is 0 Å². The van der Waals surface area contributed by atoms with Crippen LogP contribution in [-0.2, 0) is 4.79 Å². The number of rotatable bonds is 2. The zero-order chi connectivity index (χ0) is 15.7. The molecular weight excluding hydrogens is 279 g/mol. The predicted molar refractivity (Wildman–Crippen MR) is 85.7 cm³/mol. The van der Waals surface area contributed by atoms with Crippen molar-refractivity contribution in [1.82, 2.24) is 5.43 Å². The summed E-state index contributed by atoms with van der Waals surface area (Å²) in [7, 11) is 0. The number of amides is 1. The van der Waals surface area contributed by atoms with Gasteiger partial charge in [-0.25, -0.2) is 9.82 Å². The molecule has 0 radical (unpaired) electrons. The largest absolute Gasteiger partial charge is 0.273 e. The van der Waals surface area contributed by atoms with E-state index in [-0.39, 0.29) is 17.1 Å². The molecule has 1 aromatic carbocycles. The van der Waals surface area contributed by atoms with Gasteiger partial charge >= 0.3 is 0 Å². The maximum absolute atomic E-state index is 13.4. The molecule has 3 nitrogen and oxygen atoms in total. The quantitative estimate of drug-likeness (QED) is 0.885. The molecule has 0 bridgehead atoms. The first-order valence-electron chi connectivity index (χ1n) is 7.49. The highest BCUT2D eigenvalue weighted by Gasteiger charge is 2.33. The summed E-state index contributed by atoms with van der Waals surface area (Å²) in [4.78, 5) is 11.2. The summed E-state index contributed by atoms with van der Waals surface area (Å²) in [6.07, 6.45) is 6.17. The van der Waals surface area contributed by atoms with Crippen molar-refractivity contribution in [3.63, 3.8) is 0 Å². The first-order valence-corrected chi connectivity index (χ1v) is 7.49. The molecule has 0 aromatic heterocycles. The zero-order valence-electron chi connectivity index (χ0n) is 12.8. The fourth-order valence-corrected chi connectivity index (χ4v) is 3.20. The fraction of sp³-hybridized carbons (Fsp3) is 0.333. The van der Waals surface area contributed by atoms with Gasteiger partial charge in [-0.15, -0.1) is 0 Å². The number of carbonyl (C=O) groups excluding carboxylic acids is 1. The van der Waals surface area contributed by atoms with Crippen LogP contribution in [0.4, 0.5) is 4.39 Å². The van der Waals surface area contributed by atoms with Crippen molar-refractivity contribution in [3.8, 4) is 0 Å². The van der Waals surface area contributed by atoms with Crippen LogP contribution in [-0.4, -0.2) is 11.6 Å². The molecule has 0 spiro atoms. The monoisotopic (exact) mass is 298 g/mol. The molecule has 1 atom stereocenters. The maximum Gasteiger partial charge on any atom is 0.240 e. The first kappa shape index (κ1) is 14.7. The molecule has 1 aliphatic heterocycles. The lowest BCUT2D eigenvalue weighted by Crippen LogP contribution is -2.35. The Bertz CT molecular complexity index is 718. The second-order valence-corrected chi connectivity index (χ2v) is 6.23. The minimum atomic E-state index is -0.223. The van der Waals surface area contributed by atoms with E-state index in [4.69, 9.17) is 0 Å². The van der Waals surface area contributed by atoms with Gasteiger partial charge in [0.1, 0.15) is 5.82 Å². The van der Waals surface area contributed by atoms with E-state index in [0.29, 0.717) is 12.8 Å². The van der Waals surface area contributed by atoms with Gasteiger partial charge < -0.3 is 0 Å². The van der Waals surface area contributed by atoms with Crippen LogP contribution in [0, 0.1) is 11.2 Å². The molecule has 22 heavy (non-hydrogen) atoms. The minimum Gasteiger partial charge on any atom is -0.273 e. The van der Waals surface area contributed by atoms with Gasteiger partial charge in [0.2, 0.25) is 5.91 Å². The average Bonchev–Trinajstić information content (AvgIpc) is 2.47. The van der Waals surface area contributed by atoms with Crippen LogP contribution in [0.15, 0.2) is 47.1 Å². The summed E-state index contributed by atoms with van der Waals surface area (Å²) in [5.74, 6) is -0.251.